The van der Waals surface area contributed by atoms with E-state index in [0.29, 0.717) is 22.6 Å². The topological polar surface area (TPSA) is 86.0 Å². The highest BCUT2D eigenvalue weighted by Crippen LogP contribution is 2.34. The van der Waals surface area contributed by atoms with Gasteiger partial charge in [0.05, 0.1) is 26.0 Å². The van der Waals surface area contributed by atoms with Crippen molar-refractivity contribution in [2.24, 2.45) is 0 Å². The molecule has 1 aromatic carbocycles. The Bertz CT molecular complexity index is 701. The van der Waals surface area contributed by atoms with Crippen molar-refractivity contribution in [3.63, 3.8) is 0 Å². The summed E-state index contributed by atoms with van der Waals surface area (Å²) in [6.07, 6.45) is 0.0294. The predicted octanol–water partition coefficient (Wildman–Crippen LogP) is 1.83. The summed E-state index contributed by atoms with van der Waals surface area (Å²) in [6.45, 7) is 0. The molecule has 0 saturated carbocycles. The predicted molar refractivity (Wildman–Crippen MR) is 71.5 cm³/mol. The summed E-state index contributed by atoms with van der Waals surface area (Å²) in [6, 6.07) is 4.51. The van der Waals surface area contributed by atoms with Crippen molar-refractivity contribution < 1.29 is 23.8 Å². The second kappa shape index (κ2) is 5.64. The summed E-state index contributed by atoms with van der Waals surface area (Å²) in [4.78, 5) is 22.6. The van der Waals surface area contributed by atoms with Gasteiger partial charge in [0.15, 0.2) is 16.8 Å². The van der Waals surface area contributed by atoms with Gasteiger partial charge in [-0.2, -0.15) is 0 Å². The smallest absolute Gasteiger partial charge is 0.303 e. The molecule has 106 valence electrons. The summed E-state index contributed by atoms with van der Waals surface area (Å²) in [5.41, 5.74) is 0.0207. The van der Waals surface area contributed by atoms with Gasteiger partial charge in [-0.3, -0.25) is 9.59 Å². The van der Waals surface area contributed by atoms with Crippen LogP contribution in [0.25, 0.3) is 11.0 Å². The van der Waals surface area contributed by atoms with E-state index in [9.17, 15) is 9.59 Å². The fraction of sp³-hybridized carbons (Fsp3) is 0.286. The molecule has 0 aliphatic heterocycles. The van der Waals surface area contributed by atoms with E-state index in [1.807, 2.05) is 0 Å². The molecule has 0 atom stereocenters. The lowest BCUT2D eigenvalue weighted by atomic mass is 10.1. The number of hydrogen-bond donors (Lipinski definition) is 1. The molecular weight excluding hydrogens is 264 g/mol. The molecular formula is C14H14O6. The molecule has 1 heterocycles. The Balaban J connectivity index is 2.60. The molecule has 0 unspecified atom stereocenters. The molecule has 0 bridgehead atoms. The third-order valence-corrected chi connectivity index (χ3v) is 2.88. The lowest BCUT2D eigenvalue weighted by molar-refractivity contribution is -0.137. The highest BCUT2D eigenvalue weighted by Gasteiger charge is 2.15. The molecule has 2 rings (SSSR count). The molecule has 1 aromatic heterocycles. The molecule has 2 aromatic rings. The normalized spacial score (nSPS) is 10.5. The standard InChI is InChI=1S/C14H14O6/c1-18-11-5-4-9-10(15)7-8(3-6-12(16)17)20-13(9)14(11)19-2/h4-5,7H,3,6H2,1-2H3,(H,16,17). The van der Waals surface area contributed by atoms with Gasteiger partial charge in [-0.05, 0) is 12.1 Å². The van der Waals surface area contributed by atoms with Crippen LogP contribution in [0.2, 0.25) is 0 Å². The van der Waals surface area contributed by atoms with E-state index in [1.165, 1.54) is 20.3 Å². The van der Waals surface area contributed by atoms with E-state index in [2.05, 4.69) is 0 Å². The van der Waals surface area contributed by atoms with Gasteiger partial charge < -0.3 is 19.0 Å². The fourth-order valence-corrected chi connectivity index (χ4v) is 1.93. The molecule has 0 radical (unpaired) electrons. The maximum absolute atomic E-state index is 12.0. The van der Waals surface area contributed by atoms with Gasteiger partial charge in [0.25, 0.3) is 0 Å². The molecule has 0 spiro atoms. The second-order valence-electron chi connectivity index (χ2n) is 4.15. The van der Waals surface area contributed by atoms with E-state index < -0.39 is 5.97 Å². The van der Waals surface area contributed by atoms with Gasteiger partial charge in [-0.1, -0.05) is 0 Å². The van der Waals surface area contributed by atoms with Crippen LogP contribution >= 0.6 is 0 Å². The Morgan fingerprint density at radius 1 is 1.30 bits per heavy atom. The molecule has 0 saturated heterocycles. The maximum Gasteiger partial charge on any atom is 0.303 e. The van der Waals surface area contributed by atoms with Crippen molar-refractivity contribution in [3.05, 3.63) is 34.2 Å². The SMILES string of the molecule is COc1ccc2c(=O)cc(CCC(=O)O)oc2c1OC. The van der Waals surface area contributed by atoms with Crippen molar-refractivity contribution in [1.82, 2.24) is 0 Å². The summed E-state index contributed by atoms with van der Waals surface area (Å²) >= 11 is 0. The minimum absolute atomic E-state index is 0.110. The van der Waals surface area contributed by atoms with Crippen LogP contribution in [0.3, 0.4) is 0 Å². The van der Waals surface area contributed by atoms with Crippen molar-refractivity contribution in [2.45, 2.75) is 12.8 Å². The minimum atomic E-state index is -0.953. The Labute approximate surface area is 114 Å². The number of methoxy groups -OCH3 is 2. The van der Waals surface area contributed by atoms with Crippen LogP contribution in [0.4, 0.5) is 0 Å². The van der Waals surface area contributed by atoms with E-state index in [0.717, 1.165) is 0 Å². The second-order valence-corrected chi connectivity index (χ2v) is 4.15. The third kappa shape index (κ3) is 2.59. The van der Waals surface area contributed by atoms with Crippen LogP contribution < -0.4 is 14.9 Å². The third-order valence-electron chi connectivity index (χ3n) is 2.88. The Morgan fingerprint density at radius 2 is 2.05 bits per heavy atom. The first-order valence-corrected chi connectivity index (χ1v) is 5.96. The number of aryl methyl sites for hydroxylation is 1. The molecule has 20 heavy (non-hydrogen) atoms. The van der Waals surface area contributed by atoms with E-state index in [4.69, 9.17) is 19.0 Å². The number of carboxylic acids is 1. The van der Waals surface area contributed by atoms with Crippen LogP contribution in [-0.4, -0.2) is 25.3 Å². The minimum Gasteiger partial charge on any atom is -0.493 e. The number of aliphatic carboxylic acids is 1. The molecule has 0 amide bonds. The maximum atomic E-state index is 12.0. The lowest BCUT2D eigenvalue weighted by Gasteiger charge is -2.10. The zero-order valence-electron chi connectivity index (χ0n) is 11.1. The number of fused-ring (bicyclic) bond motifs is 1. The largest absolute Gasteiger partial charge is 0.493 e. The van der Waals surface area contributed by atoms with Crippen LogP contribution in [0.5, 0.6) is 11.5 Å². The molecule has 6 nitrogen and oxygen atoms in total. The van der Waals surface area contributed by atoms with Crippen LogP contribution in [0.15, 0.2) is 27.4 Å². The summed E-state index contributed by atoms with van der Waals surface area (Å²) < 4.78 is 15.9. The lowest BCUT2D eigenvalue weighted by Crippen LogP contribution is -2.05. The van der Waals surface area contributed by atoms with Gasteiger partial charge in [0.2, 0.25) is 5.75 Å². The molecule has 0 fully saturated rings. The van der Waals surface area contributed by atoms with Crippen molar-refractivity contribution in [3.8, 4) is 11.5 Å². The van der Waals surface area contributed by atoms with E-state index >= 15 is 0 Å². The number of carboxylic acid groups (broad SMARTS) is 1. The average molecular weight is 278 g/mol. The number of hydrogen-bond acceptors (Lipinski definition) is 5. The number of carbonyl (C=O) groups is 1. The number of ether oxygens (including phenoxy) is 2. The monoisotopic (exact) mass is 278 g/mol. The Hall–Kier alpha value is -2.50. The number of benzene rings is 1. The van der Waals surface area contributed by atoms with Gasteiger partial charge in [0, 0.05) is 12.5 Å². The molecule has 6 heteroatoms. The first-order valence-electron chi connectivity index (χ1n) is 5.96. The average Bonchev–Trinajstić information content (AvgIpc) is 2.43. The molecule has 1 N–H and O–H groups in total. The zero-order chi connectivity index (χ0) is 14.7. The molecule has 0 aliphatic rings. The van der Waals surface area contributed by atoms with Crippen molar-refractivity contribution in [2.75, 3.05) is 14.2 Å². The van der Waals surface area contributed by atoms with Crippen molar-refractivity contribution >= 4 is 16.9 Å². The molecule has 0 aliphatic carbocycles. The van der Waals surface area contributed by atoms with E-state index in [1.54, 1.807) is 12.1 Å². The zero-order valence-corrected chi connectivity index (χ0v) is 11.1. The van der Waals surface area contributed by atoms with Crippen molar-refractivity contribution in [1.29, 1.82) is 0 Å². The first kappa shape index (κ1) is 13.9. The summed E-state index contributed by atoms with van der Waals surface area (Å²) in [5.74, 6) is 0.111. The fourth-order valence-electron chi connectivity index (χ4n) is 1.93. The summed E-state index contributed by atoms with van der Waals surface area (Å²) in [5, 5.41) is 9.04. The highest BCUT2D eigenvalue weighted by atomic mass is 16.5. The Kier molecular flexibility index (Phi) is 3.93. The summed E-state index contributed by atoms with van der Waals surface area (Å²) in [7, 11) is 2.93. The number of rotatable bonds is 5. The van der Waals surface area contributed by atoms with Crippen LogP contribution in [-0.2, 0) is 11.2 Å². The van der Waals surface area contributed by atoms with E-state index in [-0.39, 0.29) is 23.9 Å². The van der Waals surface area contributed by atoms with Crippen LogP contribution in [0.1, 0.15) is 12.2 Å². The van der Waals surface area contributed by atoms with Crippen LogP contribution in [0, 0.1) is 0 Å². The van der Waals surface area contributed by atoms with Gasteiger partial charge in [-0.25, -0.2) is 0 Å². The van der Waals surface area contributed by atoms with Gasteiger partial charge in [0.1, 0.15) is 5.76 Å². The Morgan fingerprint density at radius 3 is 2.65 bits per heavy atom. The van der Waals surface area contributed by atoms with Gasteiger partial charge in [-0.15, -0.1) is 0 Å². The first-order chi connectivity index (χ1) is 9.56. The quantitative estimate of drug-likeness (QED) is 0.898. The highest BCUT2D eigenvalue weighted by molar-refractivity contribution is 5.85. The van der Waals surface area contributed by atoms with Gasteiger partial charge >= 0.3 is 5.97 Å².